The quantitative estimate of drug-likeness (QED) is 0.533. The van der Waals surface area contributed by atoms with Crippen LogP contribution in [0.3, 0.4) is 0 Å². The van der Waals surface area contributed by atoms with E-state index in [4.69, 9.17) is 0 Å². The Morgan fingerprint density at radius 1 is 0.828 bits per heavy atom. The van der Waals surface area contributed by atoms with Gasteiger partial charge in [-0.05, 0) is 51.1 Å². The van der Waals surface area contributed by atoms with Gasteiger partial charge in [0.05, 0.1) is 5.69 Å². The van der Waals surface area contributed by atoms with Gasteiger partial charge in [0.15, 0.2) is 5.82 Å². The molecule has 1 amide bonds. The summed E-state index contributed by atoms with van der Waals surface area (Å²) < 4.78 is 1.72. The van der Waals surface area contributed by atoms with Crippen LogP contribution in [-0.4, -0.2) is 20.7 Å². The minimum atomic E-state index is -0.339. The molecule has 0 aliphatic carbocycles. The zero-order valence-corrected chi connectivity index (χ0v) is 16.7. The van der Waals surface area contributed by atoms with E-state index >= 15 is 0 Å². The van der Waals surface area contributed by atoms with Crippen LogP contribution >= 0.6 is 0 Å². The van der Waals surface area contributed by atoms with Crippen molar-refractivity contribution in [2.24, 2.45) is 0 Å². The monoisotopic (exact) mass is 382 g/mol. The molecule has 0 unspecified atom stereocenters. The van der Waals surface area contributed by atoms with Crippen LogP contribution in [-0.2, 0) is 0 Å². The minimum absolute atomic E-state index is 0.127. The molecule has 1 aromatic heterocycles. The van der Waals surface area contributed by atoms with E-state index in [0.717, 1.165) is 27.9 Å². The molecule has 0 saturated carbocycles. The number of anilines is 1. The number of benzene rings is 3. The summed E-state index contributed by atoms with van der Waals surface area (Å²) >= 11 is 0. The molecule has 0 radical (unpaired) electrons. The fraction of sp³-hybridized carbons (Fsp3) is 0.125. The van der Waals surface area contributed by atoms with E-state index in [2.05, 4.69) is 15.4 Å². The van der Waals surface area contributed by atoms with Gasteiger partial charge in [0, 0.05) is 11.3 Å². The largest absolute Gasteiger partial charge is 0.319 e. The van der Waals surface area contributed by atoms with Gasteiger partial charge in [0.25, 0.3) is 5.91 Å². The number of amides is 1. The van der Waals surface area contributed by atoms with Crippen molar-refractivity contribution in [1.29, 1.82) is 0 Å². The summed E-state index contributed by atoms with van der Waals surface area (Å²) in [7, 11) is 0. The summed E-state index contributed by atoms with van der Waals surface area (Å²) in [6, 6.07) is 23.6. The third-order valence-electron chi connectivity index (χ3n) is 4.67. The van der Waals surface area contributed by atoms with E-state index in [9.17, 15) is 4.79 Å². The first-order chi connectivity index (χ1) is 14.0. The van der Waals surface area contributed by atoms with E-state index < -0.39 is 0 Å². The Morgan fingerprint density at radius 2 is 1.48 bits per heavy atom. The zero-order chi connectivity index (χ0) is 20.4. The van der Waals surface area contributed by atoms with Gasteiger partial charge < -0.3 is 5.32 Å². The zero-order valence-electron chi connectivity index (χ0n) is 16.7. The third-order valence-corrected chi connectivity index (χ3v) is 4.67. The van der Waals surface area contributed by atoms with Crippen molar-refractivity contribution < 1.29 is 4.79 Å². The number of aromatic nitrogens is 3. The van der Waals surface area contributed by atoms with Crippen LogP contribution in [0.1, 0.15) is 27.3 Å². The minimum Gasteiger partial charge on any atom is -0.319 e. The lowest BCUT2D eigenvalue weighted by molar-refractivity contribution is 0.101. The molecular formula is C24H22N4O. The Morgan fingerprint density at radius 3 is 2.14 bits per heavy atom. The van der Waals surface area contributed by atoms with E-state index in [1.54, 1.807) is 4.68 Å². The molecule has 0 aliphatic heterocycles. The van der Waals surface area contributed by atoms with Crippen LogP contribution < -0.4 is 5.32 Å². The third kappa shape index (κ3) is 4.09. The van der Waals surface area contributed by atoms with Crippen LogP contribution in [0.15, 0.2) is 72.8 Å². The van der Waals surface area contributed by atoms with E-state index in [1.165, 1.54) is 0 Å². The highest BCUT2D eigenvalue weighted by atomic mass is 16.2. The smallest absolute Gasteiger partial charge is 0.295 e. The summed E-state index contributed by atoms with van der Waals surface area (Å²) in [5.41, 5.74) is 5.88. The summed E-state index contributed by atoms with van der Waals surface area (Å²) in [5, 5.41) is 7.40. The maximum Gasteiger partial charge on any atom is 0.295 e. The molecule has 0 aliphatic rings. The number of carbonyl (C=O) groups is 1. The van der Waals surface area contributed by atoms with Gasteiger partial charge in [0.2, 0.25) is 5.82 Å². The molecule has 4 aromatic rings. The molecule has 29 heavy (non-hydrogen) atoms. The van der Waals surface area contributed by atoms with E-state index in [0.29, 0.717) is 11.5 Å². The number of nitrogens with one attached hydrogen (secondary N) is 1. The molecule has 144 valence electrons. The Bertz CT molecular complexity index is 1160. The second-order valence-corrected chi connectivity index (χ2v) is 7.20. The Balaban J connectivity index is 1.75. The maximum absolute atomic E-state index is 12.8. The lowest BCUT2D eigenvalue weighted by Gasteiger charge is -2.07. The average Bonchev–Trinajstić information content (AvgIpc) is 3.16. The first-order valence-corrected chi connectivity index (χ1v) is 9.49. The van der Waals surface area contributed by atoms with Crippen molar-refractivity contribution in [1.82, 2.24) is 14.8 Å². The van der Waals surface area contributed by atoms with Crippen LogP contribution in [0.2, 0.25) is 0 Å². The van der Waals surface area contributed by atoms with Crippen molar-refractivity contribution in [3.63, 3.8) is 0 Å². The van der Waals surface area contributed by atoms with Crippen molar-refractivity contribution in [2.45, 2.75) is 20.8 Å². The molecule has 3 aromatic carbocycles. The first-order valence-electron chi connectivity index (χ1n) is 9.49. The van der Waals surface area contributed by atoms with Crippen molar-refractivity contribution in [3.05, 3.63) is 95.3 Å². The van der Waals surface area contributed by atoms with Crippen LogP contribution in [0.25, 0.3) is 17.1 Å². The molecule has 0 atom stereocenters. The molecule has 5 nitrogen and oxygen atoms in total. The summed E-state index contributed by atoms with van der Waals surface area (Å²) in [4.78, 5) is 17.4. The molecule has 1 N–H and O–H groups in total. The second-order valence-electron chi connectivity index (χ2n) is 7.20. The normalized spacial score (nSPS) is 10.7. The predicted molar refractivity (Wildman–Crippen MR) is 115 cm³/mol. The highest BCUT2D eigenvalue weighted by Gasteiger charge is 2.19. The number of hydrogen-bond donors (Lipinski definition) is 1. The SMILES string of the molecule is Cc1ccc(NC(=O)c2nc(-c3cccc(C)c3)n(-c3ccc(C)cc3)n2)cc1. The Hall–Kier alpha value is -3.73. The second kappa shape index (κ2) is 7.72. The number of aryl methyl sites for hydroxylation is 3. The molecule has 5 heteroatoms. The lowest BCUT2D eigenvalue weighted by atomic mass is 10.1. The number of carbonyl (C=O) groups excluding carboxylic acids is 1. The fourth-order valence-electron chi connectivity index (χ4n) is 3.07. The van der Waals surface area contributed by atoms with Gasteiger partial charge in [-0.2, -0.15) is 0 Å². The van der Waals surface area contributed by atoms with Gasteiger partial charge in [-0.15, -0.1) is 5.10 Å². The lowest BCUT2D eigenvalue weighted by Crippen LogP contribution is -2.14. The Kier molecular flexibility index (Phi) is 4.96. The molecular weight excluding hydrogens is 360 g/mol. The standard InChI is InChI=1S/C24H22N4O/c1-16-7-11-20(12-8-16)25-24(29)22-26-23(19-6-4-5-18(3)15-19)28(27-22)21-13-9-17(2)10-14-21/h4-15H,1-3H3,(H,25,29). The predicted octanol–water partition coefficient (Wildman–Crippen LogP) is 5.11. The molecule has 0 spiro atoms. The van der Waals surface area contributed by atoms with Crippen molar-refractivity contribution in [2.75, 3.05) is 5.32 Å². The van der Waals surface area contributed by atoms with Gasteiger partial charge >= 0.3 is 0 Å². The van der Waals surface area contributed by atoms with Crippen molar-refractivity contribution in [3.8, 4) is 17.1 Å². The number of hydrogen-bond acceptors (Lipinski definition) is 3. The average molecular weight is 382 g/mol. The highest BCUT2D eigenvalue weighted by Crippen LogP contribution is 2.23. The highest BCUT2D eigenvalue weighted by molar-refractivity contribution is 6.01. The van der Waals surface area contributed by atoms with Gasteiger partial charge in [0.1, 0.15) is 0 Å². The summed E-state index contributed by atoms with van der Waals surface area (Å²) in [6.45, 7) is 6.07. The maximum atomic E-state index is 12.8. The first kappa shape index (κ1) is 18.6. The summed E-state index contributed by atoms with van der Waals surface area (Å²) in [5.74, 6) is 0.419. The fourth-order valence-corrected chi connectivity index (χ4v) is 3.07. The molecule has 0 saturated heterocycles. The summed E-state index contributed by atoms with van der Waals surface area (Å²) in [6.07, 6.45) is 0. The number of nitrogens with zero attached hydrogens (tertiary/aromatic N) is 3. The van der Waals surface area contributed by atoms with E-state index in [1.807, 2.05) is 93.6 Å². The number of rotatable bonds is 4. The molecule has 1 heterocycles. The van der Waals surface area contributed by atoms with Crippen LogP contribution in [0, 0.1) is 20.8 Å². The van der Waals surface area contributed by atoms with Crippen LogP contribution in [0.5, 0.6) is 0 Å². The Labute approximate surface area is 170 Å². The van der Waals surface area contributed by atoms with Crippen molar-refractivity contribution >= 4 is 11.6 Å². The van der Waals surface area contributed by atoms with Gasteiger partial charge in [-0.1, -0.05) is 59.2 Å². The van der Waals surface area contributed by atoms with Gasteiger partial charge in [-0.3, -0.25) is 4.79 Å². The molecule has 0 bridgehead atoms. The molecule has 4 rings (SSSR count). The topological polar surface area (TPSA) is 59.8 Å². The molecule has 0 fully saturated rings. The van der Waals surface area contributed by atoms with Crippen LogP contribution in [0.4, 0.5) is 5.69 Å². The van der Waals surface area contributed by atoms with Gasteiger partial charge in [-0.25, -0.2) is 9.67 Å². The van der Waals surface area contributed by atoms with E-state index in [-0.39, 0.29) is 11.7 Å².